The molecule has 1 aromatic heterocycles. The van der Waals surface area contributed by atoms with Gasteiger partial charge in [0.1, 0.15) is 5.54 Å². The summed E-state index contributed by atoms with van der Waals surface area (Å²) < 4.78 is 2.01. The average Bonchev–Trinajstić information content (AvgIpc) is 3.22. The molecule has 10 heteroatoms. The summed E-state index contributed by atoms with van der Waals surface area (Å²) in [6.45, 7) is 4.00. The van der Waals surface area contributed by atoms with Gasteiger partial charge in [-0.25, -0.2) is 9.78 Å². The molecular weight excluding hydrogens is 450 g/mol. The van der Waals surface area contributed by atoms with Crippen LogP contribution >= 0.6 is 23.4 Å². The number of hydrogen-bond donors (Lipinski definition) is 2. The van der Waals surface area contributed by atoms with E-state index in [9.17, 15) is 14.4 Å². The highest BCUT2D eigenvalue weighted by atomic mass is 35.5. The minimum Gasteiger partial charge on any atom is -0.322 e. The Kier molecular flexibility index (Phi) is 6.12. The number of thioether (sulfide) groups is 1. The van der Waals surface area contributed by atoms with Crippen molar-refractivity contribution in [1.29, 1.82) is 0 Å². The third-order valence-electron chi connectivity index (χ3n) is 5.40. The zero-order valence-corrected chi connectivity index (χ0v) is 19.2. The van der Waals surface area contributed by atoms with Crippen molar-refractivity contribution in [2.24, 2.45) is 0 Å². The topological polar surface area (TPSA) is 96.3 Å². The Morgan fingerprint density at radius 2 is 1.97 bits per heavy atom. The number of carbonyl (C=O) groups excluding carboxylic acids is 3. The second-order valence-electron chi connectivity index (χ2n) is 7.68. The highest BCUT2D eigenvalue weighted by Gasteiger charge is 2.47. The fraction of sp³-hybridized carbons (Fsp3) is 0.273. The van der Waals surface area contributed by atoms with E-state index in [-0.39, 0.29) is 5.75 Å². The first-order chi connectivity index (χ1) is 15.3. The third-order valence-corrected chi connectivity index (χ3v) is 6.61. The van der Waals surface area contributed by atoms with Crippen LogP contribution in [-0.4, -0.2) is 43.7 Å². The maximum absolute atomic E-state index is 12.5. The van der Waals surface area contributed by atoms with Crippen molar-refractivity contribution < 1.29 is 14.4 Å². The lowest BCUT2D eigenvalue weighted by Gasteiger charge is -2.19. The van der Waals surface area contributed by atoms with E-state index in [1.165, 1.54) is 11.8 Å². The molecule has 2 N–H and O–H groups in total. The molecule has 166 valence electrons. The molecular formula is C22H22ClN5O3S. The van der Waals surface area contributed by atoms with E-state index in [0.29, 0.717) is 23.1 Å². The second-order valence-corrected chi connectivity index (χ2v) is 9.06. The molecule has 32 heavy (non-hydrogen) atoms. The predicted octanol–water partition coefficient (Wildman–Crippen LogP) is 3.58. The summed E-state index contributed by atoms with van der Waals surface area (Å²) in [4.78, 5) is 41.8. The van der Waals surface area contributed by atoms with E-state index >= 15 is 0 Å². The van der Waals surface area contributed by atoms with Crippen LogP contribution in [0.25, 0.3) is 11.0 Å². The number of carbonyl (C=O) groups is 3. The van der Waals surface area contributed by atoms with Crippen molar-refractivity contribution >= 4 is 52.2 Å². The highest BCUT2D eigenvalue weighted by Crippen LogP contribution is 2.27. The number of hydrazine groups is 1. The van der Waals surface area contributed by atoms with Gasteiger partial charge in [-0.05, 0) is 37.1 Å². The quantitative estimate of drug-likeness (QED) is 0.405. The number of benzene rings is 2. The number of fused-ring (bicyclic) bond motifs is 1. The standard InChI is InChI=1S/C22H22ClN5O3S/c1-3-22(2)19(30)28(20(31)25-22)26-18(29)13-32-21-24-16-11-15(23)9-10-17(16)27(21)12-14-7-5-4-6-8-14/h4-11H,3,12-13H2,1-2H3,(H,25,31)(H,26,29). The molecule has 0 radical (unpaired) electrons. The molecule has 1 aliphatic rings. The van der Waals surface area contributed by atoms with Gasteiger partial charge in [0.2, 0.25) is 5.91 Å². The summed E-state index contributed by atoms with van der Waals surface area (Å²) >= 11 is 7.35. The number of urea groups is 1. The van der Waals surface area contributed by atoms with Crippen LogP contribution in [0.5, 0.6) is 0 Å². The number of amides is 4. The van der Waals surface area contributed by atoms with Gasteiger partial charge in [0.25, 0.3) is 5.91 Å². The van der Waals surface area contributed by atoms with Crippen LogP contribution in [0.1, 0.15) is 25.8 Å². The van der Waals surface area contributed by atoms with Gasteiger partial charge in [-0.3, -0.25) is 15.0 Å². The lowest BCUT2D eigenvalue weighted by molar-refractivity contribution is -0.137. The van der Waals surface area contributed by atoms with Crippen molar-refractivity contribution in [3.63, 3.8) is 0 Å². The fourth-order valence-electron chi connectivity index (χ4n) is 3.42. The van der Waals surface area contributed by atoms with Crippen LogP contribution in [-0.2, 0) is 16.1 Å². The number of hydrogen-bond acceptors (Lipinski definition) is 5. The number of halogens is 1. The first-order valence-electron chi connectivity index (χ1n) is 10.1. The van der Waals surface area contributed by atoms with Crippen molar-refractivity contribution in [2.75, 3.05) is 5.75 Å². The lowest BCUT2D eigenvalue weighted by atomic mass is 10.00. The molecule has 4 amide bonds. The van der Waals surface area contributed by atoms with Gasteiger partial charge >= 0.3 is 6.03 Å². The van der Waals surface area contributed by atoms with E-state index in [0.717, 1.165) is 21.6 Å². The molecule has 1 fully saturated rings. The Balaban J connectivity index is 1.51. The van der Waals surface area contributed by atoms with Crippen molar-refractivity contribution in [3.05, 3.63) is 59.1 Å². The molecule has 0 saturated carbocycles. The van der Waals surface area contributed by atoms with Crippen LogP contribution in [0.15, 0.2) is 53.7 Å². The number of nitrogens with zero attached hydrogens (tertiary/aromatic N) is 3. The van der Waals surface area contributed by atoms with Gasteiger partial charge in [-0.15, -0.1) is 0 Å². The van der Waals surface area contributed by atoms with E-state index in [1.807, 2.05) is 41.0 Å². The molecule has 2 heterocycles. The SMILES string of the molecule is CCC1(C)NC(=O)N(NC(=O)CSc2nc3cc(Cl)ccc3n2Cc2ccccc2)C1=O. The molecule has 1 saturated heterocycles. The van der Waals surface area contributed by atoms with Crippen LogP contribution in [0.4, 0.5) is 4.79 Å². The third kappa shape index (κ3) is 4.31. The Hall–Kier alpha value is -3.04. The molecule has 0 bridgehead atoms. The molecule has 4 rings (SSSR count). The van der Waals surface area contributed by atoms with Gasteiger partial charge in [0.15, 0.2) is 5.16 Å². The molecule has 8 nitrogen and oxygen atoms in total. The summed E-state index contributed by atoms with van der Waals surface area (Å²) in [5, 5.41) is 4.57. The highest BCUT2D eigenvalue weighted by molar-refractivity contribution is 7.99. The van der Waals surface area contributed by atoms with Crippen molar-refractivity contribution in [1.82, 2.24) is 25.3 Å². The van der Waals surface area contributed by atoms with Gasteiger partial charge in [0, 0.05) is 5.02 Å². The monoisotopic (exact) mass is 471 g/mol. The van der Waals surface area contributed by atoms with E-state index in [1.54, 1.807) is 26.0 Å². The summed E-state index contributed by atoms with van der Waals surface area (Å²) in [6.07, 6.45) is 0.421. The van der Waals surface area contributed by atoms with E-state index < -0.39 is 23.4 Å². The number of nitrogens with one attached hydrogen (secondary N) is 2. The van der Waals surface area contributed by atoms with Crippen LogP contribution in [0.2, 0.25) is 5.02 Å². The minimum atomic E-state index is -1.01. The van der Waals surface area contributed by atoms with E-state index in [4.69, 9.17) is 11.6 Å². The first kappa shape index (κ1) is 22.2. The van der Waals surface area contributed by atoms with Crippen LogP contribution < -0.4 is 10.7 Å². The molecule has 1 atom stereocenters. The van der Waals surface area contributed by atoms with Crippen LogP contribution in [0.3, 0.4) is 0 Å². The van der Waals surface area contributed by atoms with Crippen LogP contribution in [0, 0.1) is 0 Å². The Labute approximate surface area is 194 Å². The summed E-state index contributed by atoms with van der Waals surface area (Å²) in [5.41, 5.74) is 4.10. The molecule has 0 aliphatic carbocycles. The van der Waals surface area contributed by atoms with Gasteiger partial charge in [-0.1, -0.05) is 60.6 Å². The molecule has 1 aliphatic heterocycles. The minimum absolute atomic E-state index is 0.0221. The van der Waals surface area contributed by atoms with Crippen molar-refractivity contribution in [3.8, 4) is 0 Å². The summed E-state index contributed by atoms with van der Waals surface area (Å²) in [5.74, 6) is -0.976. The summed E-state index contributed by atoms with van der Waals surface area (Å²) in [6, 6.07) is 14.8. The number of imidazole rings is 1. The van der Waals surface area contributed by atoms with Gasteiger partial charge in [0.05, 0.1) is 23.3 Å². The zero-order chi connectivity index (χ0) is 22.9. The van der Waals surface area contributed by atoms with E-state index in [2.05, 4.69) is 15.7 Å². The molecule has 3 aromatic rings. The Morgan fingerprint density at radius 1 is 1.22 bits per heavy atom. The predicted molar refractivity (Wildman–Crippen MR) is 123 cm³/mol. The van der Waals surface area contributed by atoms with Gasteiger partial charge in [-0.2, -0.15) is 5.01 Å². The second kappa shape index (κ2) is 8.84. The van der Waals surface area contributed by atoms with Gasteiger partial charge < -0.3 is 9.88 Å². The lowest BCUT2D eigenvalue weighted by Crippen LogP contribution is -2.49. The maximum atomic E-state index is 12.5. The molecule has 2 aromatic carbocycles. The maximum Gasteiger partial charge on any atom is 0.344 e. The normalized spacial score (nSPS) is 18.3. The zero-order valence-electron chi connectivity index (χ0n) is 17.6. The number of rotatable bonds is 7. The molecule has 0 spiro atoms. The fourth-order valence-corrected chi connectivity index (χ4v) is 4.40. The summed E-state index contributed by atoms with van der Waals surface area (Å²) in [7, 11) is 0. The Bertz CT molecular complexity index is 1200. The number of imide groups is 1. The van der Waals surface area contributed by atoms with Crippen molar-refractivity contribution in [2.45, 2.75) is 37.5 Å². The first-order valence-corrected chi connectivity index (χ1v) is 11.5. The Morgan fingerprint density at radius 3 is 2.66 bits per heavy atom. The average molecular weight is 472 g/mol. The largest absolute Gasteiger partial charge is 0.344 e. The number of aromatic nitrogens is 2. The molecule has 1 unspecified atom stereocenters. The smallest absolute Gasteiger partial charge is 0.322 e.